The van der Waals surface area contributed by atoms with Gasteiger partial charge in [0.2, 0.25) is 0 Å². The molecule has 1 aliphatic carbocycles. The zero-order valence-corrected chi connectivity index (χ0v) is 11.3. The first-order valence-electron chi connectivity index (χ1n) is 6.91. The summed E-state index contributed by atoms with van der Waals surface area (Å²) in [6.45, 7) is 5.69. The van der Waals surface area contributed by atoms with Crippen LogP contribution in [0.25, 0.3) is 0 Å². The van der Waals surface area contributed by atoms with Gasteiger partial charge in [0.05, 0.1) is 24.1 Å². The van der Waals surface area contributed by atoms with Crippen LogP contribution >= 0.6 is 0 Å². The van der Waals surface area contributed by atoms with E-state index in [0.29, 0.717) is 25.2 Å². The zero-order valence-electron chi connectivity index (χ0n) is 11.3. The van der Waals surface area contributed by atoms with E-state index in [1.54, 1.807) is 0 Å². The van der Waals surface area contributed by atoms with Crippen LogP contribution in [0.4, 0.5) is 0 Å². The van der Waals surface area contributed by atoms with E-state index in [4.69, 9.17) is 4.74 Å². The summed E-state index contributed by atoms with van der Waals surface area (Å²) in [5.74, 6) is 0.377. The molecule has 1 fully saturated rings. The first-order valence-corrected chi connectivity index (χ1v) is 6.91. The van der Waals surface area contributed by atoms with Crippen LogP contribution in [0.15, 0.2) is 6.07 Å². The Morgan fingerprint density at radius 2 is 2.11 bits per heavy atom. The molecular formula is C14H22N2O2. The fraction of sp³-hybridized carbons (Fsp3) is 0.714. The molecule has 0 N–H and O–H groups in total. The molecular weight excluding hydrogens is 228 g/mol. The minimum absolute atomic E-state index is 0.244. The third-order valence-corrected chi connectivity index (χ3v) is 3.53. The highest BCUT2D eigenvalue weighted by Gasteiger charge is 2.19. The number of aromatic nitrogens is 2. The van der Waals surface area contributed by atoms with Crippen LogP contribution in [-0.4, -0.2) is 21.7 Å². The molecule has 0 saturated heterocycles. The summed E-state index contributed by atoms with van der Waals surface area (Å²) in [7, 11) is 0. The summed E-state index contributed by atoms with van der Waals surface area (Å²) in [6, 6.07) is 2.12. The standard InChI is InChI=1S/C14H22N2O2/c1-3-11-9-12(16(4-2)15-11)10-18-14-7-5-13(17)6-8-14/h9,14H,3-8,10H2,1-2H3. The molecule has 100 valence electrons. The molecule has 0 bridgehead atoms. The number of hydrogen-bond donors (Lipinski definition) is 0. The molecule has 4 nitrogen and oxygen atoms in total. The Balaban J connectivity index is 1.89. The number of ether oxygens (including phenoxy) is 1. The average Bonchev–Trinajstić information content (AvgIpc) is 2.80. The van der Waals surface area contributed by atoms with Gasteiger partial charge in [-0.3, -0.25) is 9.48 Å². The highest BCUT2D eigenvalue weighted by atomic mass is 16.5. The molecule has 0 aromatic carbocycles. The minimum atomic E-state index is 0.244. The predicted molar refractivity (Wildman–Crippen MR) is 69.3 cm³/mol. The van der Waals surface area contributed by atoms with Crippen molar-refractivity contribution in [1.29, 1.82) is 0 Å². The maximum atomic E-state index is 11.2. The molecule has 0 aliphatic heterocycles. The van der Waals surface area contributed by atoms with Gasteiger partial charge in [0.15, 0.2) is 0 Å². The van der Waals surface area contributed by atoms with Gasteiger partial charge in [-0.1, -0.05) is 6.92 Å². The van der Waals surface area contributed by atoms with Gasteiger partial charge in [0, 0.05) is 19.4 Å². The third kappa shape index (κ3) is 3.19. The summed E-state index contributed by atoms with van der Waals surface area (Å²) >= 11 is 0. The topological polar surface area (TPSA) is 44.1 Å². The van der Waals surface area contributed by atoms with Crippen molar-refractivity contribution in [3.05, 3.63) is 17.5 Å². The number of rotatable bonds is 5. The van der Waals surface area contributed by atoms with Crippen molar-refractivity contribution in [1.82, 2.24) is 9.78 Å². The zero-order chi connectivity index (χ0) is 13.0. The maximum absolute atomic E-state index is 11.2. The van der Waals surface area contributed by atoms with Crippen LogP contribution in [0.5, 0.6) is 0 Å². The lowest BCUT2D eigenvalue weighted by Gasteiger charge is -2.21. The van der Waals surface area contributed by atoms with Crippen molar-refractivity contribution in [2.24, 2.45) is 0 Å². The van der Waals surface area contributed by atoms with Crippen molar-refractivity contribution in [3.63, 3.8) is 0 Å². The molecule has 0 radical (unpaired) electrons. The highest BCUT2D eigenvalue weighted by molar-refractivity contribution is 5.79. The summed E-state index contributed by atoms with van der Waals surface area (Å²) in [6.07, 6.45) is 4.31. The van der Waals surface area contributed by atoms with E-state index in [0.717, 1.165) is 37.2 Å². The number of nitrogens with zero attached hydrogens (tertiary/aromatic N) is 2. The van der Waals surface area contributed by atoms with E-state index >= 15 is 0 Å². The molecule has 1 heterocycles. The fourth-order valence-corrected chi connectivity index (χ4v) is 2.36. The van der Waals surface area contributed by atoms with Gasteiger partial charge in [-0.15, -0.1) is 0 Å². The van der Waals surface area contributed by atoms with Gasteiger partial charge < -0.3 is 4.74 Å². The molecule has 0 atom stereocenters. The van der Waals surface area contributed by atoms with E-state index in [1.165, 1.54) is 0 Å². The molecule has 1 saturated carbocycles. The lowest BCUT2D eigenvalue weighted by Crippen LogP contribution is -2.21. The summed E-state index contributed by atoms with van der Waals surface area (Å²) in [5.41, 5.74) is 2.26. The third-order valence-electron chi connectivity index (χ3n) is 3.53. The Bertz CT molecular complexity index is 402. The van der Waals surface area contributed by atoms with Crippen LogP contribution in [-0.2, 0) is 29.1 Å². The molecule has 1 aromatic rings. The Kier molecular flexibility index (Phi) is 4.53. The molecule has 18 heavy (non-hydrogen) atoms. The number of aryl methyl sites for hydroxylation is 2. The summed E-state index contributed by atoms with van der Waals surface area (Å²) < 4.78 is 7.91. The molecule has 1 aliphatic rings. The van der Waals surface area contributed by atoms with E-state index in [1.807, 2.05) is 4.68 Å². The van der Waals surface area contributed by atoms with Crippen LogP contribution in [0.3, 0.4) is 0 Å². The van der Waals surface area contributed by atoms with Crippen LogP contribution in [0.1, 0.15) is 50.9 Å². The smallest absolute Gasteiger partial charge is 0.133 e. The van der Waals surface area contributed by atoms with Crippen LogP contribution < -0.4 is 0 Å². The second-order valence-electron chi connectivity index (χ2n) is 4.85. The molecule has 4 heteroatoms. The number of carbonyl (C=O) groups is 1. The normalized spacial score (nSPS) is 17.3. The molecule has 0 spiro atoms. The Labute approximate surface area is 108 Å². The van der Waals surface area contributed by atoms with Crippen molar-refractivity contribution in [2.45, 2.75) is 65.2 Å². The SMILES string of the molecule is CCc1cc(COC2CCC(=O)CC2)n(CC)n1. The first-order chi connectivity index (χ1) is 8.72. The first kappa shape index (κ1) is 13.3. The fourth-order valence-electron chi connectivity index (χ4n) is 2.36. The highest BCUT2D eigenvalue weighted by Crippen LogP contribution is 2.19. The molecule has 0 amide bonds. The Morgan fingerprint density at radius 1 is 1.39 bits per heavy atom. The second-order valence-corrected chi connectivity index (χ2v) is 4.85. The van der Waals surface area contributed by atoms with Crippen LogP contribution in [0.2, 0.25) is 0 Å². The van der Waals surface area contributed by atoms with Gasteiger partial charge in [-0.2, -0.15) is 5.10 Å². The van der Waals surface area contributed by atoms with Crippen molar-refractivity contribution in [3.8, 4) is 0 Å². The lowest BCUT2D eigenvalue weighted by molar-refractivity contribution is -0.123. The molecule has 0 unspecified atom stereocenters. The lowest BCUT2D eigenvalue weighted by atomic mass is 9.96. The second kappa shape index (κ2) is 6.14. The van der Waals surface area contributed by atoms with Gasteiger partial charge in [0.1, 0.15) is 5.78 Å². The van der Waals surface area contributed by atoms with Crippen molar-refractivity contribution >= 4 is 5.78 Å². The number of hydrogen-bond acceptors (Lipinski definition) is 3. The van der Waals surface area contributed by atoms with Gasteiger partial charge >= 0.3 is 0 Å². The number of carbonyl (C=O) groups excluding carboxylic acids is 1. The summed E-state index contributed by atoms with van der Waals surface area (Å²) in [5, 5.41) is 4.51. The quantitative estimate of drug-likeness (QED) is 0.806. The van der Waals surface area contributed by atoms with Crippen LogP contribution in [0, 0.1) is 0 Å². The number of Topliss-reactive ketones (excluding diaryl/α,β-unsaturated/α-hetero) is 1. The van der Waals surface area contributed by atoms with Crippen molar-refractivity contribution < 1.29 is 9.53 Å². The van der Waals surface area contributed by atoms with Crippen molar-refractivity contribution in [2.75, 3.05) is 0 Å². The monoisotopic (exact) mass is 250 g/mol. The summed E-state index contributed by atoms with van der Waals surface area (Å²) in [4.78, 5) is 11.2. The molecule has 1 aromatic heterocycles. The number of ketones is 1. The van der Waals surface area contributed by atoms with E-state index < -0.39 is 0 Å². The van der Waals surface area contributed by atoms with Gasteiger partial charge in [-0.05, 0) is 32.3 Å². The Hall–Kier alpha value is -1.16. The van der Waals surface area contributed by atoms with E-state index in [9.17, 15) is 4.79 Å². The average molecular weight is 250 g/mol. The van der Waals surface area contributed by atoms with E-state index in [2.05, 4.69) is 25.0 Å². The van der Waals surface area contributed by atoms with Gasteiger partial charge in [-0.25, -0.2) is 0 Å². The predicted octanol–water partition coefficient (Wildman–Crippen LogP) is 2.49. The Morgan fingerprint density at radius 3 is 2.72 bits per heavy atom. The van der Waals surface area contributed by atoms with E-state index in [-0.39, 0.29) is 6.10 Å². The largest absolute Gasteiger partial charge is 0.372 e. The maximum Gasteiger partial charge on any atom is 0.133 e. The molecule has 2 rings (SSSR count). The minimum Gasteiger partial charge on any atom is -0.372 e. The van der Waals surface area contributed by atoms with Gasteiger partial charge in [0.25, 0.3) is 0 Å².